The fourth-order valence-corrected chi connectivity index (χ4v) is 3.90. The maximum Gasteiger partial charge on any atom is 0.254 e. The first-order chi connectivity index (χ1) is 12.3. The Morgan fingerprint density at radius 3 is 2.80 bits per heavy atom. The van der Waals surface area contributed by atoms with E-state index in [0.717, 1.165) is 43.6 Å². The molecule has 0 radical (unpaired) electrons. The van der Waals surface area contributed by atoms with Crippen LogP contribution < -0.4 is 5.32 Å². The van der Waals surface area contributed by atoms with Gasteiger partial charge >= 0.3 is 0 Å². The number of hydrogen-bond donors (Lipinski definition) is 1. The van der Waals surface area contributed by atoms with Crippen LogP contribution in [0.4, 0.5) is 0 Å². The molecule has 0 bridgehead atoms. The Morgan fingerprint density at radius 1 is 1.20 bits per heavy atom. The Kier molecular flexibility index (Phi) is 4.83. The Morgan fingerprint density at radius 2 is 2.00 bits per heavy atom. The van der Waals surface area contributed by atoms with Crippen molar-refractivity contribution in [3.05, 3.63) is 54.1 Å². The van der Waals surface area contributed by atoms with E-state index < -0.39 is 6.10 Å². The summed E-state index contributed by atoms with van der Waals surface area (Å²) in [5.41, 5.74) is 0.936. The van der Waals surface area contributed by atoms with Gasteiger partial charge in [0.25, 0.3) is 5.91 Å². The molecule has 4 rings (SSSR count). The summed E-state index contributed by atoms with van der Waals surface area (Å²) in [6.07, 6.45) is 9.81. The van der Waals surface area contributed by atoms with Gasteiger partial charge in [-0.05, 0) is 24.8 Å². The van der Waals surface area contributed by atoms with E-state index in [-0.39, 0.29) is 18.1 Å². The summed E-state index contributed by atoms with van der Waals surface area (Å²) >= 11 is 0. The van der Waals surface area contributed by atoms with Crippen LogP contribution in [0, 0.1) is 0 Å². The van der Waals surface area contributed by atoms with Crippen LogP contribution in [-0.2, 0) is 22.5 Å². The Bertz CT molecular complexity index is 707. The third-order valence-corrected chi connectivity index (χ3v) is 5.25. The molecule has 5 heteroatoms. The molecule has 1 aliphatic carbocycles. The maximum absolute atomic E-state index is 13.0. The van der Waals surface area contributed by atoms with Gasteiger partial charge < -0.3 is 14.6 Å². The van der Waals surface area contributed by atoms with Gasteiger partial charge in [-0.25, -0.2) is 4.98 Å². The lowest BCUT2D eigenvalue weighted by Gasteiger charge is -2.28. The minimum atomic E-state index is -0.520. The zero-order valence-corrected chi connectivity index (χ0v) is 14.4. The summed E-state index contributed by atoms with van der Waals surface area (Å²) in [6, 6.07) is 9.99. The Balaban J connectivity index is 1.45. The van der Waals surface area contributed by atoms with E-state index in [2.05, 4.69) is 14.9 Å². The fraction of sp³-hybridized carbons (Fsp3) is 0.500. The number of aromatic nitrogens is 2. The molecule has 1 aliphatic heterocycles. The van der Waals surface area contributed by atoms with Gasteiger partial charge in [0.2, 0.25) is 0 Å². The molecule has 2 atom stereocenters. The van der Waals surface area contributed by atoms with Gasteiger partial charge in [0.15, 0.2) is 6.10 Å². The first kappa shape index (κ1) is 16.3. The monoisotopic (exact) mass is 339 g/mol. The number of fused-ring (bicyclic) bond motifs is 1. The van der Waals surface area contributed by atoms with Gasteiger partial charge in [0.1, 0.15) is 5.82 Å². The second kappa shape index (κ2) is 7.40. The van der Waals surface area contributed by atoms with Crippen molar-refractivity contribution in [2.75, 3.05) is 0 Å². The van der Waals surface area contributed by atoms with Crippen molar-refractivity contribution in [2.45, 2.75) is 63.3 Å². The molecule has 2 aromatic rings. The smallest absolute Gasteiger partial charge is 0.254 e. The van der Waals surface area contributed by atoms with E-state index in [9.17, 15) is 4.79 Å². The number of aryl methyl sites for hydroxylation is 1. The van der Waals surface area contributed by atoms with Crippen LogP contribution in [-0.4, -0.2) is 27.6 Å². The number of carbonyl (C=O) groups excluding carboxylic acids is 1. The quantitative estimate of drug-likeness (QED) is 0.911. The van der Waals surface area contributed by atoms with E-state index >= 15 is 0 Å². The van der Waals surface area contributed by atoms with Crippen LogP contribution in [0.2, 0.25) is 0 Å². The van der Waals surface area contributed by atoms with Crippen molar-refractivity contribution in [1.82, 2.24) is 14.9 Å². The van der Waals surface area contributed by atoms with Gasteiger partial charge in [-0.2, -0.15) is 0 Å². The van der Waals surface area contributed by atoms with E-state index in [4.69, 9.17) is 4.74 Å². The lowest BCUT2D eigenvalue weighted by atomic mass is 10.0. The number of carbonyl (C=O) groups is 1. The standard InChI is InChI=1S/C20H25N3O2/c24-20(22-16-10-11-18-21-12-13-23(18)14-16)19(15-6-2-1-3-7-15)25-17-8-4-5-9-17/h1-3,6-7,12-13,16-17,19H,4-5,8-11,14H2,(H,22,24)/t16-,19+/m1/s1. The zero-order valence-electron chi connectivity index (χ0n) is 14.4. The molecule has 0 unspecified atom stereocenters. The average molecular weight is 339 g/mol. The molecule has 2 heterocycles. The van der Waals surface area contributed by atoms with E-state index in [0.29, 0.717) is 0 Å². The summed E-state index contributed by atoms with van der Waals surface area (Å²) in [5.74, 6) is 1.08. The molecule has 2 aliphatic rings. The number of rotatable bonds is 5. The highest BCUT2D eigenvalue weighted by Crippen LogP contribution is 2.28. The molecule has 5 nitrogen and oxygen atoms in total. The molecule has 1 amide bonds. The number of benzene rings is 1. The van der Waals surface area contributed by atoms with Crippen LogP contribution in [0.15, 0.2) is 42.7 Å². The summed E-state index contributed by atoms with van der Waals surface area (Å²) in [4.78, 5) is 17.3. The van der Waals surface area contributed by atoms with Gasteiger partial charge in [-0.3, -0.25) is 4.79 Å². The Labute approximate surface area is 148 Å². The minimum absolute atomic E-state index is 0.0216. The van der Waals surface area contributed by atoms with Crippen molar-refractivity contribution >= 4 is 5.91 Å². The normalized spacial score (nSPS) is 21.7. The molecule has 1 aromatic heterocycles. The molecule has 132 valence electrons. The van der Waals surface area contributed by atoms with Crippen molar-refractivity contribution in [2.24, 2.45) is 0 Å². The topological polar surface area (TPSA) is 56.2 Å². The number of amides is 1. The molecule has 1 fully saturated rings. The fourth-order valence-electron chi connectivity index (χ4n) is 3.90. The first-order valence-corrected chi connectivity index (χ1v) is 9.30. The van der Waals surface area contributed by atoms with Crippen molar-refractivity contribution in [1.29, 1.82) is 0 Å². The summed E-state index contributed by atoms with van der Waals surface area (Å²) in [7, 11) is 0. The van der Waals surface area contributed by atoms with Gasteiger partial charge in [0, 0.05) is 31.4 Å². The molecule has 25 heavy (non-hydrogen) atoms. The van der Waals surface area contributed by atoms with Crippen LogP contribution in [0.1, 0.15) is 49.6 Å². The van der Waals surface area contributed by atoms with E-state index in [1.807, 2.05) is 42.7 Å². The van der Waals surface area contributed by atoms with Crippen LogP contribution in [0.5, 0.6) is 0 Å². The molecule has 0 saturated heterocycles. The lowest BCUT2D eigenvalue weighted by molar-refractivity contribution is -0.138. The number of nitrogens with zero attached hydrogens (tertiary/aromatic N) is 2. The predicted octanol–water partition coefficient (Wildman–Crippen LogP) is 3.01. The van der Waals surface area contributed by atoms with Gasteiger partial charge in [-0.1, -0.05) is 43.2 Å². The third-order valence-electron chi connectivity index (χ3n) is 5.25. The second-order valence-electron chi connectivity index (χ2n) is 7.07. The first-order valence-electron chi connectivity index (χ1n) is 9.30. The van der Waals surface area contributed by atoms with E-state index in [1.54, 1.807) is 0 Å². The Hall–Kier alpha value is -2.14. The number of ether oxygens (including phenoxy) is 1. The second-order valence-corrected chi connectivity index (χ2v) is 7.07. The number of imidazole rings is 1. The molecule has 0 spiro atoms. The summed E-state index contributed by atoms with van der Waals surface area (Å²) < 4.78 is 8.35. The molecular weight excluding hydrogens is 314 g/mol. The highest BCUT2D eigenvalue weighted by molar-refractivity contribution is 5.82. The highest BCUT2D eigenvalue weighted by Gasteiger charge is 2.29. The molecular formula is C20H25N3O2. The molecule has 1 aromatic carbocycles. The highest BCUT2D eigenvalue weighted by atomic mass is 16.5. The zero-order chi connectivity index (χ0) is 17.1. The van der Waals surface area contributed by atoms with Gasteiger partial charge in [-0.15, -0.1) is 0 Å². The van der Waals surface area contributed by atoms with Crippen molar-refractivity contribution < 1.29 is 9.53 Å². The molecule has 1 N–H and O–H groups in total. The van der Waals surface area contributed by atoms with Crippen molar-refractivity contribution in [3.8, 4) is 0 Å². The van der Waals surface area contributed by atoms with Crippen molar-refractivity contribution in [3.63, 3.8) is 0 Å². The van der Waals surface area contributed by atoms with Crippen LogP contribution in [0.25, 0.3) is 0 Å². The van der Waals surface area contributed by atoms with Crippen LogP contribution in [0.3, 0.4) is 0 Å². The van der Waals surface area contributed by atoms with Gasteiger partial charge in [0.05, 0.1) is 6.10 Å². The average Bonchev–Trinajstić information content (AvgIpc) is 3.31. The molecule has 1 saturated carbocycles. The summed E-state index contributed by atoms with van der Waals surface area (Å²) in [6.45, 7) is 0.784. The largest absolute Gasteiger partial charge is 0.360 e. The third kappa shape index (κ3) is 3.76. The van der Waals surface area contributed by atoms with E-state index in [1.165, 1.54) is 12.8 Å². The minimum Gasteiger partial charge on any atom is -0.360 e. The lowest BCUT2D eigenvalue weighted by Crippen LogP contribution is -2.44. The number of nitrogens with one attached hydrogen (secondary N) is 1. The van der Waals surface area contributed by atoms with Crippen LogP contribution >= 0.6 is 0 Å². The SMILES string of the molecule is O=C(N[C@@H]1CCc2nccn2C1)[C@@H](OC1CCCC1)c1ccccc1. The predicted molar refractivity (Wildman–Crippen MR) is 95.0 cm³/mol. The number of hydrogen-bond acceptors (Lipinski definition) is 3. The summed E-state index contributed by atoms with van der Waals surface area (Å²) in [5, 5.41) is 3.21. The maximum atomic E-state index is 13.0.